The van der Waals surface area contributed by atoms with Gasteiger partial charge in [-0.1, -0.05) is 136 Å². The van der Waals surface area contributed by atoms with E-state index in [-0.39, 0.29) is 5.97 Å². The number of hydrogen-bond donors (Lipinski definition) is 0. The molecule has 1 saturated heterocycles. The molecule has 1 heterocycles. The number of carbonyl (C=O) groups is 1. The van der Waals surface area contributed by atoms with Crippen molar-refractivity contribution in [2.75, 3.05) is 37.7 Å². The van der Waals surface area contributed by atoms with Crippen LogP contribution in [0.1, 0.15) is 168 Å². The van der Waals surface area contributed by atoms with Crippen LogP contribution < -0.4 is 0 Å². The van der Waals surface area contributed by atoms with Crippen LogP contribution in [0.3, 0.4) is 0 Å². The summed E-state index contributed by atoms with van der Waals surface area (Å²) in [5, 5.41) is 0. The Bertz CT molecular complexity index is 495. The highest BCUT2D eigenvalue weighted by molar-refractivity contribution is 7.99. The predicted molar refractivity (Wildman–Crippen MR) is 170 cm³/mol. The van der Waals surface area contributed by atoms with Gasteiger partial charge in [0.25, 0.3) is 0 Å². The molecular weight excluding hydrogens is 486 g/mol. The van der Waals surface area contributed by atoms with Gasteiger partial charge in [-0.25, -0.2) is 0 Å². The van der Waals surface area contributed by atoms with Gasteiger partial charge in [-0.05, 0) is 38.1 Å². The van der Waals surface area contributed by atoms with Crippen LogP contribution in [0.5, 0.6) is 0 Å². The first-order valence-corrected chi connectivity index (χ1v) is 18.4. The van der Waals surface area contributed by atoms with Crippen molar-refractivity contribution in [2.45, 2.75) is 168 Å². The summed E-state index contributed by atoms with van der Waals surface area (Å²) >= 11 is 2.09. The van der Waals surface area contributed by atoms with Crippen molar-refractivity contribution in [3.05, 3.63) is 0 Å². The van der Waals surface area contributed by atoms with E-state index in [1.807, 2.05) is 0 Å². The number of ether oxygens (including phenoxy) is 1. The van der Waals surface area contributed by atoms with Crippen LogP contribution in [-0.2, 0) is 9.53 Å². The molecule has 3 nitrogen and oxygen atoms in total. The molecule has 38 heavy (non-hydrogen) atoms. The topological polar surface area (TPSA) is 29.5 Å². The molecule has 1 aliphatic heterocycles. The molecule has 0 radical (unpaired) electrons. The summed E-state index contributed by atoms with van der Waals surface area (Å²) < 4.78 is 5.81. The molecule has 1 aliphatic rings. The average molecular weight is 554 g/mol. The highest BCUT2D eigenvalue weighted by Crippen LogP contribution is 2.21. The van der Waals surface area contributed by atoms with Crippen LogP contribution in [0, 0.1) is 5.92 Å². The summed E-state index contributed by atoms with van der Waals surface area (Å²) in [6.07, 6.45) is 31.1. The highest BCUT2D eigenvalue weighted by atomic mass is 32.2. The van der Waals surface area contributed by atoms with Crippen LogP contribution in [0.2, 0.25) is 0 Å². The van der Waals surface area contributed by atoms with E-state index in [9.17, 15) is 4.79 Å². The quantitative estimate of drug-likeness (QED) is 0.0712. The Labute approximate surface area is 243 Å². The number of nitrogens with zero attached hydrogens (tertiary/aromatic N) is 1. The van der Waals surface area contributed by atoms with Gasteiger partial charge in [0.15, 0.2) is 0 Å². The van der Waals surface area contributed by atoms with Crippen molar-refractivity contribution in [2.24, 2.45) is 5.92 Å². The lowest BCUT2D eigenvalue weighted by Crippen LogP contribution is -2.33. The second kappa shape index (κ2) is 28.3. The van der Waals surface area contributed by atoms with Crippen LogP contribution >= 0.6 is 11.8 Å². The van der Waals surface area contributed by atoms with E-state index in [1.165, 1.54) is 172 Å². The van der Waals surface area contributed by atoms with E-state index in [0.29, 0.717) is 18.9 Å². The van der Waals surface area contributed by atoms with Gasteiger partial charge in [0.1, 0.15) is 0 Å². The summed E-state index contributed by atoms with van der Waals surface area (Å²) in [4.78, 5) is 15.0. The lowest BCUT2D eigenvalue weighted by atomic mass is 9.94. The number of carbonyl (C=O) groups excluding carboxylic acids is 1. The maximum Gasteiger partial charge on any atom is 0.305 e. The van der Waals surface area contributed by atoms with E-state index >= 15 is 0 Å². The first kappa shape index (κ1) is 35.8. The summed E-state index contributed by atoms with van der Waals surface area (Å²) in [6, 6.07) is 0. The lowest BCUT2D eigenvalue weighted by Gasteiger charge is -2.25. The SMILES string of the molecule is CCCCCCCCCCCC(CCCCCCCCC)COC(=O)CCCCCCCN1CCSCC1. The third-order valence-electron chi connectivity index (χ3n) is 8.37. The molecule has 0 spiro atoms. The van der Waals surface area contributed by atoms with Crippen molar-refractivity contribution in [1.82, 2.24) is 4.90 Å². The van der Waals surface area contributed by atoms with Gasteiger partial charge in [0, 0.05) is 31.0 Å². The van der Waals surface area contributed by atoms with Crippen LogP contribution in [-0.4, -0.2) is 48.6 Å². The molecule has 0 bridgehead atoms. The van der Waals surface area contributed by atoms with Gasteiger partial charge in [-0.2, -0.15) is 11.8 Å². The fourth-order valence-electron chi connectivity index (χ4n) is 5.69. The number of rotatable bonds is 28. The van der Waals surface area contributed by atoms with E-state index < -0.39 is 0 Å². The molecule has 0 aromatic heterocycles. The zero-order valence-electron chi connectivity index (χ0n) is 26.0. The fourth-order valence-corrected chi connectivity index (χ4v) is 6.67. The van der Waals surface area contributed by atoms with Gasteiger partial charge < -0.3 is 9.64 Å². The molecule has 0 N–H and O–H groups in total. The molecule has 1 rings (SSSR count). The summed E-state index contributed by atoms with van der Waals surface area (Å²) in [6.45, 7) is 9.06. The minimum Gasteiger partial charge on any atom is -0.465 e. The first-order chi connectivity index (χ1) is 18.8. The summed E-state index contributed by atoms with van der Waals surface area (Å²) in [5.74, 6) is 3.24. The van der Waals surface area contributed by atoms with Crippen LogP contribution in [0.4, 0.5) is 0 Å². The van der Waals surface area contributed by atoms with Crippen LogP contribution in [0.15, 0.2) is 0 Å². The van der Waals surface area contributed by atoms with Crippen molar-refractivity contribution in [3.8, 4) is 0 Å². The number of unbranched alkanes of at least 4 members (excludes halogenated alkanes) is 18. The molecule has 0 amide bonds. The van der Waals surface area contributed by atoms with E-state index in [4.69, 9.17) is 4.74 Å². The smallest absolute Gasteiger partial charge is 0.305 e. The minimum absolute atomic E-state index is 0.0486. The Kier molecular flexibility index (Phi) is 26.7. The standard InChI is InChI=1S/C34H67NO2S/c1-3-5-7-9-11-12-14-17-21-25-33(24-20-16-13-10-8-6-4-2)32-37-34(36)26-22-18-15-19-23-27-35-28-30-38-31-29-35/h33H,3-32H2,1-2H3. The third kappa shape index (κ3) is 23.6. The molecule has 0 aromatic carbocycles. The van der Waals surface area contributed by atoms with Gasteiger partial charge in [-0.15, -0.1) is 0 Å². The van der Waals surface area contributed by atoms with E-state index in [0.717, 1.165) is 6.42 Å². The lowest BCUT2D eigenvalue weighted by molar-refractivity contribution is -0.145. The second-order valence-electron chi connectivity index (χ2n) is 12.0. The van der Waals surface area contributed by atoms with Crippen LogP contribution in [0.25, 0.3) is 0 Å². The Morgan fingerprint density at radius 3 is 1.61 bits per heavy atom. The molecule has 226 valence electrons. The summed E-state index contributed by atoms with van der Waals surface area (Å²) in [5.41, 5.74) is 0. The van der Waals surface area contributed by atoms with Crippen molar-refractivity contribution in [3.63, 3.8) is 0 Å². The van der Waals surface area contributed by atoms with Crippen molar-refractivity contribution >= 4 is 17.7 Å². The molecule has 0 saturated carbocycles. The van der Waals surface area contributed by atoms with E-state index in [1.54, 1.807) is 0 Å². The van der Waals surface area contributed by atoms with Gasteiger partial charge in [0.2, 0.25) is 0 Å². The van der Waals surface area contributed by atoms with Crippen molar-refractivity contribution in [1.29, 1.82) is 0 Å². The number of hydrogen-bond acceptors (Lipinski definition) is 4. The maximum absolute atomic E-state index is 12.4. The molecule has 1 atom stereocenters. The average Bonchev–Trinajstić information content (AvgIpc) is 2.94. The largest absolute Gasteiger partial charge is 0.465 e. The zero-order valence-corrected chi connectivity index (χ0v) is 26.8. The molecule has 1 unspecified atom stereocenters. The second-order valence-corrected chi connectivity index (χ2v) is 13.3. The molecule has 4 heteroatoms. The molecular formula is C34H67NO2S. The maximum atomic E-state index is 12.4. The third-order valence-corrected chi connectivity index (χ3v) is 9.31. The number of thioether (sulfide) groups is 1. The predicted octanol–water partition coefficient (Wildman–Crippen LogP) is 10.6. The molecule has 0 aliphatic carbocycles. The zero-order chi connectivity index (χ0) is 27.4. The fraction of sp³-hybridized carbons (Fsp3) is 0.971. The number of esters is 1. The Morgan fingerprint density at radius 1 is 0.632 bits per heavy atom. The highest BCUT2D eigenvalue weighted by Gasteiger charge is 2.13. The summed E-state index contributed by atoms with van der Waals surface area (Å²) in [7, 11) is 0. The Morgan fingerprint density at radius 2 is 1.08 bits per heavy atom. The first-order valence-electron chi connectivity index (χ1n) is 17.2. The van der Waals surface area contributed by atoms with Gasteiger partial charge in [-0.3, -0.25) is 4.79 Å². The van der Waals surface area contributed by atoms with E-state index in [2.05, 4.69) is 30.5 Å². The Balaban J connectivity index is 2.11. The minimum atomic E-state index is 0.0486. The van der Waals surface area contributed by atoms with Crippen molar-refractivity contribution < 1.29 is 9.53 Å². The molecule has 1 fully saturated rings. The normalized spacial score (nSPS) is 15.1. The Hall–Kier alpha value is -0.220. The van der Waals surface area contributed by atoms with Gasteiger partial charge in [0.05, 0.1) is 6.61 Å². The monoisotopic (exact) mass is 553 g/mol. The molecule has 0 aromatic rings. The van der Waals surface area contributed by atoms with Gasteiger partial charge >= 0.3 is 5.97 Å².